The van der Waals surface area contributed by atoms with Crippen molar-refractivity contribution >= 4 is 17.6 Å². The smallest absolute Gasteiger partial charge is 0.309 e. The van der Waals surface area contributed by atoms with Crippen molar-refractivity contribution in [2.45, 2.75) is 39.2 Å². The molecule has 1 saturated heterocycles. The van der Waals surface area contributed by atoms with Crippen LogP contribution in [-0.2, 0) is 14.3 Å². The summed E-state index contributed by atoms with van der Waals surface area (Å²) in [6.45, 7) is 5.93. The maximum absolute atomic E-state index is 13.5. The first-order chi connectivity index (χ1) is 16.5. The zero-order chi connectivity index (χ0) is 24.1. The number of hydrazone groups is 1. The Morgan fingerprint density at radius 1 is 1.06 bits per heavy atom. The largest absolute Gasteiger partial charge is 0.496 e. The van der Waals surface area contributed by atoms with Gasteiger partial charge in [0.2, 0.25) is 0 Å². The van der Waals surface area contributed by atoms with Crippen molar-refractivity contribution in [3.63, 3.8) is 0 Å². The summed E-state index contributed by atoms with van der Waals surface area (Å²) >= 11 is 0. The third kappa shape index (κ3) is 5.30. The number of hydrogen-bond donors (Lipinski definition) is 0. The molecule has 2 aromatic rings. The number of benzene rings is 2. The van der Waals surface area contributed by atoms with Gasteiger partial charge in [0, 0.05) is 12.0 Å². The normalized spacial score (nSPS) is 19.1. The second kappa shape index (κ2) is 10.8. The number of para-hydroxylation sites is 1. The second-order valence-corrected chi connectivity index (χ2v) is 8.92. The number of nitrogens with zero attached hydrogens (tertiary/aromatic N) is 3. The molecule has 0 spiro atoms. The quantitative estimate of drug-likeness (QED) is 0.582. The van der Waals surface area contributed by atoms with Crippen LogP contribution in [0, 0.1) is 12.8 Å². The Morgan fingerprint density at radius 3 is 2.44 bits per heavy atom. The first kappa shape index (κ1) is 24.0. The molecule has 180 valence electrons. The van der Waals surface area contributed by atoms with Gasteiger partial charge in [-0.25, -0.2) is 5.01 Å². The van der Waals surface area contributed by atoms with Crippen LogP contribution >= 0.6 is 0 Å². The van der Waals surface area contributed by atoms with Gasteiger partial charge in [-0.1, -0.05) is 48.0 Å². The molecule has 0 aromatic heterocycles. The number of aryl methyl sites for hydroxylation is 1. The summed E-state index contributed by atoms with van der Waals surface area (Å²) < 4.78 is 10.8. The Morgan fingerprint density at radius 2 is 1.76 bits per heavy atom. The van der Waals surface area contributed by atoms with E-state index in [2.05, 4.69) is 36.1 Å². The summed E-state index contributed by atoms with van der Waals surface area (Å²) in [5.41, 5.74) is 4.05. The molecule has 7 nitrogen and oxygen atoms in total. The molecule has 2 aliphatic rings. The number of methoxy groups -OCH3 is 1. The van der Waals surface area contributed by atoms with E-state index >= 15 is 0 Å². The predicted molar refractivity (Wildman–Crippen MR) is 131 cm³/mol. The lowest BCUT2D eigenvalue weighted by molar-refractivity contribution is -0.149. The molecule has 34 heavy (non-hydrogen) atoms. The lowest BCUT2D eigenvalue weighted by Crippen LogP contribution is -2.43. The summed E-state index contributed by atoms with van der Waals surface area (Å²) in [4.78, 5) is 27.6. The number of hydrogen-bond acceptors (Lipinski definition) is 6. The second-order valence-electron chi connectivity index (χ2n) is 8.92. The highest BCUT2D eigenvalue weighted by Crippen LogP contribution is 2.37. The minimum atomic E-state index is -0.225. The van der Waals surface area contributed by atoms with Crippen LogP contribution in [0.25, 0.3) is 0 Å². The average Bonchev–Trinajstić information content (AvgIpc) is 3.30. The van der Waals surface area contributed by atoms with E-state index in [0.717, 1.165) is 22.6 Å². The molecule has 0 unspecified atom stereocenters. The topological polar surface area (TPSA) is 71.4 Å². The Labute approximate surface area is 201 Å². The average molecular weight is 464 g/mol. The number of esters is 1. The van der Waals surface area contributed by atoms with E-state index in [1.54, 1.807) is 12.1 Å². The van der Waals surface area contributed by atoms with Crippen LogP contribution in [0.3, 0.4) is 0 Å². The molecular weight excluding hydrogens is 430 g/mol. The standard InChI is InChI=1S/C27H33N3O4/c1-4-34-27(32)21-13-15-29(16-14-21)18-26(31)30-24(22-7-5-6-8-25(22)33-3)17-23(28-30)20-11-9-19(2)10-12-20/h5-12,21,24H,4,13-18H2,1-3H3/t24-/m1/s1. The van der Waals surface area contributed by atoms with Crippen molar-refractivity contribution in [3.8, 4) is 5.75 Å². The number of ether oxygens (including phenoxy) is 2. The number of carbonyl (C=O) groups is 2. The molecule has 0 aliphatic carbocycles. The van der Waals surface area contributed by atoms with Crippen LogP contribution in [0.5, 0.6) is 5.75 Å². The monoisotopic (exact) mass is 463 g/mol. The Balaban J connectivity index is 1.51. The summed E-state index contributed by atoms with van der Waals surface area (Å²) in [5.74, 6) is 0.496. The van der Waals surface area contributed by atoms with E-state index < -0.39 is 0 Å². The SMILES string of the molecule is CCOC(=O)C1CCN(CC(=O)N2N=C(c3ccc(C)cc3)C[C@@H]2c2ccccc2OC)CC1. The first-order valence-electron chi connectivity index (χ1n) is 12.0. The highest BCUT2D eigenvalue weighted by atomic mass is 16.5. The van der Waals surface area contributed by atoms with Crippen molar-refractivity contribution in [2.24, 2.45) is 11.0 Å². The Hall–Kier alpha value is -3.19. The van der Waals surface area contributed by atoms with Crippen LogP contribution < -0.4 is 4.74 Å². The molecule has 2 aliphatic heterocycles. The van der Waals surface area contributed by atoms with Gasteiger partial charge >= 0.3 is 5.97 Å². The molecule has 4 rings (SSSR count). The van der Waals surface area contributed by atoms with Gasteiger partial charge in [-0.2, -0.15) is 5.10 Å². The lowest BCUT2D eigenvalue weighted by atomic mass is 9.96. The maximum atomic E-state index is 13.5. The number of rotatable bonds is 7. The van der Waals surface area contributed by atoms with Gasteiger partial charge in [0.05, 0.1) is 37.9 Å². The fourth-order valence-corrected chi connectivity index (χ4v) is 4.70. The van der Waals surface area contributed by atoms with E-state index in [-0.39, 0.29) is 30.4 Å². The molecule has 1 amide bonds. The van der Waals surface area contributed by atoms with Crippen LogP contribution in [-0.4, -0.2) is 60.8 Å². The number of carbonyl (C=O) groups excluding carboxylic acids is 2. The summed E-state index contributed by atoms with van der Waals surface area (Å²) in [6, 6.07) is 15.8. The fraction of sp³-hybridized carbons (Fsp3) is 0.444. The van der Waals surface area contributed by atoms with Crippen LogP contribution in [0.1, 0.15) is 48.9 Å². The molecular formula is C27H33N3O4. The number of likely N-dealkylation sites (tertiary alicyclic amines) is 1. The zero-order valence-electron chi connectivity index (χ0n) is 20.2. The van der Waals surface area contributed by atoms with Crippen molar-refractivity contribution < 1.29 is 19.1 Å². The van der Waals surface area contributed by atoms with Crippen molar-refractivity contribution in [1.82, 2.24) is 9.91 Å². The highest BCUT2D eigenvalue weighted by molar-refractivity contribution is 6.03. The van der Waals surface area contributed by atoms with Gasteiger partial charge in [-0.15, -0.1) is 0 Å². The molecule has 0 N–H and O–H groups in total. The zero-order valence-corrected chi connectivity index (χ0v) is 20.2. The molecule has 7 heteroatoms. The van der Waals surface area contributed by atoms with Crippen LogP contribution in [0.2, 0.25) is 0 Å². The predicted octanol–water partition coefficient (Wildman–Crippen LogP) is 3.96. The molecule has 2 aromatic carbocycles. The summed E-state index contributed by atoms with van der Waals surface area (Å²) in [6.07, 6.45) is 2.04. The molecule has 0 saturated carbocycles. The molecule has 1 atom stereocenters. The fourth-order valence-electron chi connectivity index (χ4n) is 4.70. The first-order valence-corrected chi connectivity index (χ1v) is 12.0. The van der Waals surface area contributed by atoms with Crippen molar-refractivity contribution in [1.29, 1.82) is 0 Å². The van der Waals surface area contributed by atoms with Gasteiger partial charge in [0.1, 0.15) is 5.75 Å². The van der Waals surface area contributed by atoms with Gasteiger partial charge in [-0.3, -0.25) is 14.5 Å². The third-order valence-corrected chi connectivity index (χ3v) is 6.61. The van der Waals surface area contributed by atoms with Crippen molar-refractivity contribution in [3.05, 3.63) is 65.2 Å². The van der Waals surface area contributed by atoms with Gasteiger partial charge in [-0.05, 0) is 51.4 Å². The van der Waals surface area contributed by atoms with E-state index in [9.17, 15) is 9.59 Å². The van der Waals surface area contributed by atoms with E-state index in [0.29, 0.717) is 39.0 Å². The molecule has 2 heterocycles. The lowest BCUT2D eigenvalue weighted by Gasteiger charge is -2.32. The van der Waals surface area contributed by atoms with Gasteiger partial charge < -0.3 is 9.47 Å². The minimum absolute atomic E-state index is 0.0485. The Kier molecular flexibility index (Phi) is 7.63. The summed E-state index contributed by atoms with van der Waals surface area (Å²) in [5, 5.41) is 6.43. The van der Waals surface area contributed by atoms with Crippen LogP contribution in [0.15, 0.2) is 53.6 Å². The van der Waals surface area contributed by atoms with Crippen molar-refractivity contribution in [2.75, 3.05) is 33.4 Å². The van der Waals surface area contributed by atoms with E-state index in [1.807, 2.05) is 31.2 Å². The van der Waals surface area contributed by atoms with E-state index in [1.165, 1.54) is 5.56 Å². The molecule has 1 fully saturated rings. The summed E-state index contributed by atoms with van der Waals surface area (Å²) in [7, 11) is 1.65. The molecule has 0 bridgehead atoms. The molecule has 0 radical (unpaired) electrons. The van der Waals surface area contributed by atoms with Gasteiger partial charge in [0.25, 0.3) is 5.91 Å². The minimum Gasteiger partial charge on any atom is -0.496 e. The highest BCUT2D eigenvalue weighted by Gasteiger charge is 2.36. The van der Waals surface area contributed by atoms with E-state index in [4.69, 9.17) is 14.6 Å². The Bertz CT molecular complexity index is 1040. The van der Waals surface area contributed by atoms with Gasteiger partial charge in [0.15, 0.2) is 0 Å². The third-order valence-electron chi connectivity index (χ3n) is 6.61. The number of amides is 1. The maximum Gasteiger partial charge on any atom is 0.309 e. The van der Waals surface area contributed by atoms with Crippen LogP contribution in [0.4, 0.5) is 0 Å². The number of piperidine rings is 1.